The van der Waals surface area contributed by atoms with Gasteiger partial charge in [-0.2, -0.15) is 0 Å². The summed E-state index contributed by atoms with van der Waals surface area (Å²) in [6, 6.07) is 3.59. The molecule has 0 aliphatic rings. The Balaban J connectivity index is 0.000000561. The molecule has 0 unspecified atom stereocenters. The third-order valence-electron chi connectivity index (χ3n) is 1.41. The molecule has 0 aromatic heterocycles. The van der Waals surface area contributed by atoms with E-state index in [9.17, 15) is 0 Å². The predicted molar refractivity (Wildman–Crippen MR) is 56.4 cm³/mol. The van der Waals surface area contributed by atoms with Crippen LogP contribution in [0.3, 0.4) is 0 Å². The Bertz CT molecular complexity index is 232. The van der Waals surface area contributed by atoms with E-state index in [2.05, 4.69) is 0 Å². The van der Waals surface area contributed by atoms with Crippen molar-refractivity contribution in [2.75, 3.05) is 11.5 Å². The van der Waals surface area contributed by atoms with Gasteiger partial charge in [-0.15, -0.1) is 0 Å². The minimum absolute atomic E-state index is 0.474. The fraction of sp³-hybridized carbons (Fsp3) is 0.333. The van der Waals surface area contributed by atoms with Gasteiger partial charge >= 0.3 is 0 Å². The van der Waals surface area contributed by atoms with Gasteiger partial charge in [0, 0.05) is 0 Å². The second kappa shape index (κ2) is 4.88. The van der Waals surface area contributed by atoms with Crippen molar-refractivity contribution in [1.82, 2.24) is 0 Å². The van der Waals surface area contributed by atoms with Gasteiger partial charge in [0.05, 0.1) is 16.4 Å². The molecule has 0 bridgehead atoms. The van der Waals surface area contributed by atoms with Gasteiger partial charge in [-0.05, 0) is 18.6 Å². The smallest absolute Gasteiger partial charge is 0.0739 e. The van der Waals surface area contributed by atoms with Gasteiger partial charge in [-0.3, -0.25) is 0 Å². The van der Waals surface area contributed by atoms with Gasteiger partial charge in [0.1, 0.15) is 0 Å². The first-order chi connectivity index (χ1) is 5.63. The zero-order chi connectivity index (χ0) is 9.72. The minimum Gasteiger partial charge on any atom is -0.397 e. The maximum absolute atomic E-state index is 5.78. The maximum atomic E-state index is 5.78. The fourth-order valence-electron chi connectivity index (χ4n) is 0.717. The zero-order valence-corrected chi connectivity index (χ0v) is 8.44. The molecule has 2 nitrogen and oxygen atoms in total. The molecule has 1 aromatic rings. The number of benzene rings is 1. The summed E-state index contributed by atoms with van der Waals surface area (Å²) in [6.45, 7) is 5.89. The lowest BCUT2D eigenvalue weighted by molar-refractivity contribution is 1.47. The van der Waals surface area contributed by atoms with E-state index in [4.69, 9.17) is 23.1 Å². The second-order valence-corrected chi connectivity index (χ2v) is 2.58. The van der Waals surface area contributed by atoms with E-state index >= 15 is 0 Å². The molecule has 0 fully saturated rings. The molecule has 12 heavy (non-hydrogen) atoms. The lowest BCUT2D eigenvalue weighted by Gasteiger charge is -2.03. The van der Waals surface area contributed by atoms with Crippen LogP contribution in [-0.4, -0.2) is 0 Å². The van der Waals surface area contributed by atoms with E-state index < -0.39 is 0 Å². The van der Waals surface area contributed by atoms with Crippen LogP contribution in [0.4, 0.5) is 11.4 Å². The monoisotopic (exact) mass is 186 g/mol. The number of hydrogen-bond donors (Lipinski definition) is 2. The summed E-state index contributed by atoms with van der Waals surface area (Å²) in [6.07, 6.45) is 0. The summed E-state index contributed by atoms with van der Waals surface area (Å²) in [5, 5.41) is 0.556. The number of halogens is 1. The topological polar surface area (TPSA) is 52.0 Å². The summed E-state index contributed by atoms with van der Waals surface area (Å²) >= 11 is 5.78. The first-order valence-corrected chi connectivity index (χ1v) is 4.30. The van der Waals surface area contributed by atoms with E-state index in [0.29, 0.717) is 16.4 Å². The summed E-state index contributed by atoms with van der Waals surface area (Å²) in [5.41, 5.74) is 13.0. The molecule has 68 valence electrons. The summed E-state index contributed by atoms with van der Waals surface area (Å²) in [5.74, 6) is 0. The Morgan fingerprint density at radius 2 is 1.67 bits per heavy atom. The molecule has 4 N–H and O–H groups in total. The number of nitrogens with two attached hydrogens (primary N) is 2. The normalized spacial score (nSPS) is 8.67. The van der Waals surface area contributed by atoms with E-state index in [1.807, 2.05) is 26.8 Å². The minimum atomic E-state index is 0.474. The highest BCUT2D eigenvalue weighted by Gasteiger charge is 2.01. The van der Waals surface area contributed by atoms with Crippen LogP contribution in [-0.2, 0) is 0 Å². The van der Waals surface area contributed by atoms with Crippen molar-refractivity contribution in [1.29, 1.82) is 0 Å². The SMILES string of the molecule is CC.Cc1ccc(N)c(N)c1Cl. The lowest BCUT2D eigenvalue weighted by atomic mass is 10.2. The maximum Gasteiger partial charge on any atom is 0.0739 e. The van der Waals surface area contributed by atoms with Gasteiger partial charge in [-0.1, -0.05) is 31.5 Å². The van der Waals surface area contributed by atoms with Crippen molar-refractivity contribution in [3.05, 3.63) is 22.7 Å². The van der Waals surface area contributed by atoms with Gasteiger partial charge in [0.25, 0.3) is 0 Å². The van der Waals surface area contributed by atoms with Crippen LogP contribution < -0.4 is 11.5 Å². The number of anilines is 2. The average Bonchev–Trinajstić information content (AvgIpc) is 2.12. The number of hydrogen-bond acceptors (Lipinski definition) is 2. The largest absolute Gasteiger partial charge is 0.397 e. The molecule has 0 radical (unpaired) electrons. The van der Waals surface area contributed by atoms with E-state index in [1.54, 1.807) is 6.07 Å². The molecule has 1 rings (SSSR count). The van der Waals surface area contributed by atoms with Crippen molar-refractivity contribution < 1.29 is 0 Å². The number of rotatable bonds is 0. The molecule has 0 saturated heterocycles. The molecule has 0 heterocycles. The van der Waals surface area contributed by atoms with Crippen LogP contribution >= 0.6 is 11.6 Å². The Kier molecular flexibility index (Phi) is 4.52. The van der Waals surface area contributed by atoms with Crippen molar-refractivity contribution in [2.45, 2.75) is 20.8 Å². The molecular formula is C9H15ClN2. The highest BCUT2D eigenvalue weighted by atomic mass is 35.5. The molecule has 0 amide bonds. The first-order valence-electron chi connectivity index (χ1n) is 3.93. The molecule has 0 atom stereocenters. The zero-order valence-electron chi connectivity index (χ0n) is 7.69. The van der Waals surface area contributed by atoms with Gasteiger partial charge < -0.3 is 11.5 Å². The Morgan fingerprint density at radius 1 is 1.17 bits per heavy atom. The highest BCUT2D eigenvalue weighted by Crippen LogP contribution is 2.27. The summed E-state index contributed by atoms with van der Waals surface area (Å²) in [7, 11) is 0. The standard InChI is InChI=1S/C7H9ClN2.C2H6/c1-4-2-3-5(9)7(10)6(4)8;1-2/h2-3H,9-10H2,1H3;1-2H3. The van der Waals surface area contributed by atoms with Gasteiger partial charge in [-0.25, -0.2) is 0 Å². The summed E-state index contributed by atoms with van der Waals surface area (Å²) < 4.78 is 0. The fourth-order valence-corrected chi connectivity index (χ4v) is 0.889. The quantitative estimate of drug-likeness (QED) is 0.613. The van der Waals surface area contributed by atoms with Crippen LogP contribution in [0.2, 0.25) is 5.02 Å². The third-order valence-corrected chi connectivity index (χ3v) is 1.91. The van der Waals surface area contributed by atoms with Crippen molar-refractivity contribution in [3.8, 4) is 0 Å². The van der Waals surface area contributed by atoms with Gasteiger partial charge in [0.15, 0.2) is 0 Å². The van der Waals surface area contributed by atoms with Crippen molar-refractivity contribution in [2.24, 2.45) is 0 Å². The van der Waals surface area contributed by atoms with E-state index in [-0.39, 0.29) is 0 Å². The van der Waals surface area contributed by atoms with Crippen LogP contribution in [0.1, 0.15) is 19.4 Å². The van der Waals surface area contributed by atoms with Crippen LogP contribution in [0, 0.1) is 6.92 Å². The average molecular weight is 187 g/mol. The Labute approximate surface area is 78.5 Å². The van der Waals surface area contributed by atoms with Crippen molar-refractivity contribution >= 4 is 23.0 Å². The van der Waals surface area contributed by atoms with Gasteiger partial charge in [0.2, 0.25) is 0 Å². The first kappa shape index (κ1) is 11.1. The van der Waals surface area contributed by atoms with E-state index in [0.717, 1.165) is 5.56 Å². The second-order valence-electron chi connectivity index (χ2n) is 2.20. The molecular weight excluding hydrogens is 172 g/mol. The molecule has 1 aromatic carbocycles. The molecule has 0 spiro atoms. The third kappa shape index (κ3) is 2.31. The Hall–Kier alpha value is -0.890. The van der Waals surface area contributed by atoms with Crippen LogP contribution in [0.5, 0.6) is 0 Å². The molecule has 0 saturated carbocycles. The van der Waals surface area contributed by atoms with Crippen LogP contribution in [0.15, 0.2) is 12.1 Å². The summed E-state index contributed by atoms with van der Waals surface area (Å²) in [4.78, 5) is 0. The molecule has 3 heteroatoms. The lowest BCUT2D eigenvalue weighted by Crippen LogP contribution is -1.95. The number of aryl methyl sites for hydroxylation is 1. The predicted octanol–water partition coefficient (Wildman–Crippen LogP) is 2.84. The highest BCUT2D eigenvalue weighted by molar-refractivity contribution is 6.34. The number of nitrogen functional groups attached to an aromatic ring is 2. The molecule has 0 aliphatic carbocycles. The molecule has 0 aliphatic heterocycles. The Morgan fingerprint density at radius 3 is 2.08 bits per heavy atom. The van der Waals surface area contributed by atoms with Crippen molar-refractivity contribution in [3.63, 3.8) is 0 Å². The van der Waals surface area contributed by atoms with Crippen LogP contribution in [0.25, 0.3) is 0 Å². The van der Waals surface area contributed by atoms with E-state index in [1.165, 1.54) is 0 Å².